The van der Waals surface area contributed by atoms with Crippen LogP contribution in [0.4, 0.5) is 0 Å². The van der Waals surface area contributed by atoms with E-state index in [9.17, 15) is 14.4 Å². The van der Waals surface area contributed by atoms with Crippen molar-refractivity contribution in [3.8, 4) is 0 Å². The van der Waals surface area contributed by atoms with Gasteiger partial charge in [0, 0.05) is 31.7 Å². The molecule has 0 aliphatic rings. The van der Waals surface area contributed by atoms with Gasteiger partial charge in [0.25, 0.3) is 5.56 Å². The summed E-state index contributed by atoms with van der Waals surface area (Å²) >= 11 is 7.11. The summed E-state index contributed by atoms with van der Waals surface area (Å²) < 4.78 is 6.86. The van der Waals surface area contributed by atoms with E-state index in [0.29, 0.717) is 47.3 Å². The molecule has 0 unspecified atom stereocenters. The van der Waals surface area contributed by atoms with Crippen molar-refractivity contribution in [2.45, 2.75) is 32.0 Å². The Morgan fingerprint density at radius 1 is 1.33 bits per heavy atom. The second kappa shape index (κ2) is 10.3. The van der Waals surface area contributed by atoms with Gasteiger partial charge < -0.3 is 4.74 Å². The summed E-state index contributed by atoms with van der Waals surface area (Å²) in [5, 5.41) is 1.34. The number of hydrogen-bond donors (Lipinski definition) is 2. The Balaban J connectivity index is 2.25. The van der Waals surface area contributed by atoms with Crippen molar-refractivity contribution in [3.05, 3.63) is 33.6 Å². The number of thioether (sulfide) groups is 1. The number of fused-ring (bicyclic) bond motifs is 1. The number of amides is 2. The SMILES string of the molecule is CCOCCCn1c(SCC(=O)NNC(C)=O)nc2cc(Cl)ccc2c1=O. The van der Waals surface area contributed by atoms with Gasteiger partial charge in [0.2, 0.25) is 11.8 Å². The lowest BCUT2D eigenvalue weighted by Gasteiger charge is -2.13. The van der Waals surface area contributed by atoms with Gasteiger partial charge in [-0.1, -0.05) is 23.4 Å². The van der Waals surface area contributed by atoms with Crippen molar-refractivity contribution in [1.82, 2.24) is 20.4 Å². The lowest BCUT2D eigenvalue weighted by atomic mass is 10.2. The summed E-state index contributed by atoms with van der Waals surface area (Å²) in [6, 6.07) is 4.90. The van der Waals surface area contributed by atoms with Crippen molar-refractivity contribution in [2.24, 2.45) is 0 Å². The molecule has 0 bridgehead atoms. The van der Waals surface area contributed by atoms with Crippen molar-refractivity contribution in [1.29, 1.82) is 0 Å². The van der Waals surface area contributed by atoms with Crippen LogP contribution in [0, 0.1) is 0 Å². The molecule has 2 aromatic rings. The van der Waals surface area contributed by atoms with Crippen molar-refractivity contribution < 1.29 is 14.3 Å². The zero-order chi connectivity index (χ0) is 19.8. The van der Waals surface area contributed by atoms with E-state index in [1.165, 1.54) is 11.5 Å². The highest BCUT2D eigenvalue weighted by Gasteiger charge is 2.14. The zero-order valence-electron chi connectivity index (χ0n) is 15.1. The highest BCUT2D eigenvalue weighted by atomic mass is 35.5. The number of carbonyl (C=O) groups excluding carboxylic acids is 2. The molecule has 0 radical (unpaired) electrons. The topological polar surface area (TPSA) is 102 Å². The maximum Gasteiger partial charge on any atom is 0.262 e. The average molecular weight is 413 g/mol. The molecule has 10 heteroatoms. The maximum atomic E-state index is 12.9. The van der Waals surface area contributed by atoms with Crippen LogP contribution in [0.2, 0.25) is 5.02 Å². The molecule has 1 heterocycles. The van der Waals surface area contributed by atoms with Gasteiger partial charge >= 0.3 is 0 Å². The van der Waals surface area contributed by atoms with E-state index in [2.05, 4.69) is 15.8 Å². The van der Waals surface area contributed by atoms with Gasteiger partial charge in [-0.3, -0.25) is 29.8 Å². The third kappa shape index (κ3) is 6.23. The molecule has 0 spiro atoms. The fourth-order valence-corrected chi connectivity index (χ4v) is 3.27. The molecule has 146 valence electrons. The summed E-state index contributed by atoms with van der Waals surface area (Å²) in [6.45, 7) is 4.74. The molecule has 2 rings (SSSR count). The van der Waals surface area contributed by atoms with Crippen LogP contribution in [0.3, 0.4) is 0 Å². The zero-order valence-corrected chi connectivity index (χ0v) is 16.7. The number of carbonyl (C=O) groups is 2. The fraction of sp³-hybridized carbons (Fsp3) is 0.412. The Morgan fingerprint density at radius 2 is 2.11 bits per heavy atom. The van der Waals surface area contributed by atoms with Crippen LogP contribution < -0.4 is 16.4 Å². The first-order valence-corrected chi connectivity index (χ1v) is 9.74. The minimum Gasteiger partial charge on any atom is -0.382 e. The maximum absolute atomic E-state index is 12.9. The largest absolute Gasteiger partial charge is 0.382 e. The predicted octanol–water partition coefficient (Wildman–Crippen LogP) is 1.74. The molecule has 0 fully saturated rings. The molecular formula is C17H21ClN4O4S. The number of hydrogen-bond acceptors (Lipinski definition) is 6. The van der Waals surface area contributed by atoms with Gasteiger partial charge in [-0.25, -0.2) is 4.98 Å². The van der Waals surface area contributed by atoms with E-state index < -0.39 is 5.91 Å². The molecule has 1 aromatic heterocycles. The molecule has 0 saturated carbocycles. The smallest absolute Gasteiger partial charge is 0.262 e. The minimum atomic E-state index is -0.406. The Morgan fingerprint density at radius 3 is 2.81 bits per heavy atom. The molecule has 2 amide bonds. The highest BCUT2D eigenvalue weighted by Crippen LogP contribution is 2.20. The molecule has 0 atom stereocenters. The van der Waals surface area contributed by atoms with Crippen LogP contribution in [-0.2, 0) is 20.9 Å². The van der Waals surface area contributed by atoms with Gasteiger partial charge in [-0.05, 0) is 31.5 Å². The summed E-state index contributed by atoms with van der Waals surface area (Å²) in [5.41, 5.74) is 4.77. The van der Waals surface area contributed by atoms with Crippen LogP contribution in [-0.4, -0.2) is 40.3 Å². The summed E-state index contributed by atoms with van der Waals surface area (Å²) in [5.74, 6) is -0.791. The molecule has 0 saturated heterocycles. The lowest BCUT2D eigenvalue weighted by Crippen LogP contribution is -2.41. The summed E-state index contributed by atoms with van der Waals surface area (Å²) in [4.78, 5) is 40.0. The Bertz CT molecular complexity index is 887. The average Bonchev–Trinajstić information content (AvgIpc) is 2.63. The van der Waals surface area contributed by atoms with Crippen LogP contribution in [0.5, 0.6) is 0 Å². The molecule has 27 heavy (non-hydrogen) atoms. The highest BCUT2D eigenvalue weighted by molar-refractivity contribution is 7.99. The standard InChI is InChI=1S/C17H21ClN4O4S/c1-3-26-8-4-7-22-16(25)13-6-5-12(18)9-14(13)19-17(22)27-10-15(24)21-20-11(2)23/h5-6,9H,3-4,7-8,10H2,1-2H3,(H,20,23)(H,21,24). The van der Waals surface area contributed by atoms with E-state index in [1.54, 1.807) is 18.2 Å². The molecular weight excluding hydrogens is 392 g/mol. The van der Waals surface area contributed by atoms with Crippen LogP contribution in [0.25, 0.3) is 10.9 Å². The number of nitrogens with zero attached hydrogens (tertiary/aromatic N) is 2. The number of aromatic nitrogens is 2. The van der Waals surface area contributed by atoms with Crippen LogP contribution >= 0.6 is 23.4 Å². The molecule has 8 nitrogen and oxygen atoms in total. The molecule has 0 aliphatic carbocycles. The Kier molecular flexibility index (Phi) is 8.08. The van der Waals surface area contributed by atoms with Gasteiger partial charge in [-0.15, -0.1) is 0 Å². The van der Waals surface area contributed by atoms with E-state index >= 15 is 0 Å². The van der Waals surface area contributed by atoms with Crippen molar-refractivity contribution in [2.75, 3.05) is 19.0 Å². The number of hydrazine groups is 1. The Labute approximate surface area is 165 Å². The van der Waals surface area contributed by atoms with Gasteiger partial charge in [0.1, 0.15) is 0 Å². The van der Waals surface area contributed by atoms with Crippen LogP contribution in [0.15, 0.2) is 28.2 Å². The van der Waals surface area contributed by atoms with Gasteiger partial charge in [0.05, 0.1) is 16.7 Å². The molecule has 0 aliphatic heterocycles. The second-order valence-corrected chi connectivity index (χ2v) is 6.96. The third-order valence-corrected chi connectivity index (χ3v) is 4.68. The van der Waals surface area contributed by atoms with E-state index in [4.69, 9.17) is 16.3 Å². The lowest BCUT2D eigenvalue weighted by molar-refractivity contribution is -0.126. The first-order chi connectivity index (χ1) is 12.9. The molecule has 1 aromatic carbocycles. The van der Waals surface area contributed by atoms with Crippen molar-refractivity contribution in [3.63, 3.8) is 0 Å². The number of halogens is 1. The number of benzene rings is 1. The summed E-state index contributed by atoms with van der Waals surface area (Å²) in [6.07, 6.45) is 0.639. The van der Waals surface area contributed by atoms with Crippen LogP contribution in [0.1, 0.15) is 20.3 Å². The van der Waals surface area contributed by atoms with Gasteiger partial charge in [-0.2, -0.15) is 0 Å². The fourth-order valence-electron chi connectivity index (χ4n) is 2.27. The third-order valence-electron chi connectivity index (χ3n) is 3.47. The first kappa shape index (κ1) is 21.2. The van der Waals surface area contributed by atoms with E-state index in [1.807, 2.05) is 6.92 Å². The quantitative estimate of drug-likeness (QED) is 0.296. The predicted molar refractivity (Wildman–Crippen MR) is 105 cm³/mol. The normalized spacial score (nSPS) is 10.8. The van der Waals surface area contributed by atoms with E-state index in [-0.39, 0.29) is 17.2 Å². The second-order valence-electron chi connectivity index (χ2n) is 5.58. The number of ether oxygens (including phenoxy) is 1. The first-order valence-electron chi connectivity index (χ1n) is 8.38. The van der Waals surface area contributed by atoms with Gasteiger partial charge in [0.15, 0.2) is 5.16 Å². The Hall–Kier alpha value is -2.10. The number of rotatable bonds is 8. The summed E-state index contributed by atoms with van der Waals surface area (Å²) in [7, 11) is 0. The monoisotopic (exact) mass is 412 g/mol. The van der Waals surface area contributed by atoms with Crippen molar-refractivity contribution >= 4 is 46.1 Å². The minimum absolute atomic E-state index is 0.00967. The van der Waals surface area contributed by atoms with E-state index in [0.717, 1.165) is 11.8 Å². The molecule has 2 N–H and O–H groups in total. The number of nitrogens with one attached hydrogen (secondary N) is 2.